The predicted octanol–water partition coefficient (Wildman–Crippen LogP) is 6.26. The van der Waals surface area contributed by atoms with E-state index in [1.807, 2.05) is 31.2 Å². The van der Waals surface area contributed by atoms with Gasteiger partial charge in [-0.05, 0) is 77.9 Å². The molecule has 0 radical (unpaired) electrons. The number of amides is 1. The molecule has 5 rings (SSSR count). The Kier molecular flexibility index (Phi) is 7.06. The van der Waals surface area contributed by atoms with Crippen molar-refractivity contribution in [2.24, 2.45) is 5.92 Å². The summed E-state index contributed by atoms with van der Waals surface area (Å²) in [6, 6.07) is 15.4. The first-order valence-corrected chi connectivity index (χ1v) is 12.2. The van der Waals surface area contributed by atoms with Crippen LogP contribution in [0.15, 0.2) is 60.8 Å². The molecule has 0 spiro atoms. The first kappa shape index (κ1) is 25.1. The minimum Gasteiger partial charge on any atom is -0.490 e. The van der Waals surface area contributed by atoms with E-state index in [0.29, 0.717) is 12.2 Å². The fourth-order valence-electron chi connectivity index (χ4n) is 4.60. The van der Waals surface area contributed by atoms with E-state index in [2.05, 4.69) is 21.1 Å². The Morgan fingerprint density at radius 1 is 1.03 bits per heavy atom. The van der Waals surface area contributed by atoms with Crippen molar-refractivity contribution in [3.8, 4) is 22.6 Å². The number of alkyl halides is 3. The second-order valence-corrected chi connectivity index (χ2v) is 9.39. The van der Waals surface area contributed by atoms with Gasteiger partial charge in [0.25, 0.3) is 0 Å². The van der Waals surface area contributed by atoms with E-state index in [1.54, 1.807) is 18.3 Å². The monoisotopic (exact) mass is 512 g/mol. The number of nitrogens with zero attached hydrogens (tertiary/aromatic N) is 1. The van der Waals surface area contributed by atoms with Gasteiger partial charge >= 0.3 is 6.36 Å². The number of rotatable bonds is 7. The average Bonchev–Trinajstić information content (AvgIpc) is 3.67. The highest BCUT2D eigenvalue weighted by atomic mass is 19.4. The van der Waals surface area contributed by atoms with E-state index in [4.69, 9.17) is 9.47 Å². The number of carbonyl (C=O) groups is 1. The van der Waals surface area contributed by atoms with Crippen molar-refractivity contribution in [2.45, 2.75) is 44.6 Å². The maximum absolute atomic E-state index is 12.8. The first-order chi connectivity index (χ1) is 17.7. The van der Waals surface area contributed by atoms with Gasteiger partial charge in [0.2, 0.25) is 5.91 Å². The molecule has 1 aliphatic heterocycles. The third kappa shape index (κ3) is 6.40. The van der Waals surface area contributed by atoms with Gasteiger partial charge in [-0.15, -0.1) is 13.2 Å². The number of hydrogen-bond donors (Lipinski definition) is 1. The smallest absolute Gasteiger partial charge is 0.490 e. The van der Waals surface area contributed by atoms with Crippen LogP contribution in [0, 0.1) is 12.8 Å². The first-order valence-electron chi connectivity index (χ1n) is 12.2. The van der Waals surface area contributed by atoms with E-state index in [-0.39, 0.29) is 29.6 Å². The average molecular weight is 513 g/mol. The van der Waals surface area contributed by atoms with Gasteiger partial charge in [0.1, 0.15) is 23.4 Å². The summed E-state index contributed by atoms with van der Waals surface area (Å²) in [6.07, 6.45) is -0.527. The Morgan fingerprint density at radius 3 is 2.46 bits per heavy atom. The van der Waals surface area contributed by atoms with Crippen LogP contribution in [0.25, 0.3) is 11.1 Å². The molecule has 6 nitrogen and oxygen atoms in total. The Hall–Kier alpha value is -3.59. The molecule has 1 amide bonds. The summed E-state index contributed by atoms with van der Waals surface area (Å²) < 4.78 is 52.5. The third-order valence-electron chi connectivity index (χ3n) is 6.65. The van der Waals surface area contributed by atoms with Crippen LogP contribution < -0.4 is 14.8 Å². The van der Waals surface area contributed by atoms with Crippen molar-refractivity contribution in [2.75, 3.05) is 18.5 Å². The zero-order chi connectivity index (χ0) is 26.0. The molecular weight excluding hydrogens is 485 g/mol. The van der Waals surface area contributed by atoms with Crippen LogP contribution in [0.2, 0.25) is 0 Å². The van der Waals surface area contributed by atoms with Gasteiger partial charge in [-0.25, -0.2) is 4.98 Å². The van der Waals surface area contributed by atoms with E-state index in [0.717, 1.165) is 54.1 Å². The van der Waals surface area contributed by atoms with Crippen LogP contribution >= 0.6 is 0 Å². The summed E-state index contributed by atoms with van der Waals surface area (Å²) in [5.74, 6) is 0.551. The second-order valence-electron chi connectivity index (χ2n) is 9.39. The van der Waals surface area contributed by atoms with Crippen molar-refractivity contribution in [1.82, 2.24) is 4.98 Å². The van der Waals surface area contributed by atoms with Gasteiger partial charge in [0.05, 0.1) is 13.2 Å². The number of ether oxygens (including phenoxy) is 3. The number of anilines is 1. The highest BCUT2D eigenvalue weighted by Crippen LogP contribution is 2.48. The van der Waals surface area contributed by atoms with Gasteiger partial charge < -0.3 is 19.5 Å². The number of carbonyl (C=O) groups excluding carboxylic acids is 1. The quantitative estimate of drug-likeness (QED) is 0.405. The summed E-state index contributed by atoms with van der Waals surface area (Å²) >= 11 is 0. The number of nitrogens with one attached hydrogen (secondary N) is 1. The summed E-state index contributed by atoms with van der Waals surface area (Å²) in [7, 11) is 0. The van der Waals surface area contributed by atoms with Crippen LogP contribution in [-0.2, 0) is 9.53 Å². The molecule has 37 heavy (non-hydrogen) atoms. The molecule has 0 unspecified atom stereocenters. The molecule has 1 aromatic heterocycles. The van der Waals surface area contributed by atoms with Crippen molar-refractivity contribution in [3.05, 3.63) is 71.9 Å². The molecule has 2 atom stereocenters. The van der Waals surface area contributed by atoms with Crippen molar-refractivity contribution < 1.29 is 32.2 Å². The van der Waals surface area contributed by atoms with Crippen LogP contribution in [0.5, 0.6) is 11.5 Å². The molecule has 0 bridgehead atoms. The standard InChI is InChI=1S/C28H27F3N2O4/c1-17-14-19(4-7-25(17)36-21-9-12-35-13-10-21)20-8-11-32-26(15-20)33-27(34)24-16-23(24)18-2-5-22(6-3-18)37-28(29,30)31/h2-8,11,14-15,21,23-24H,9-10,12-13,16H2,1H3,(H,32,33,34)/t23-,24+/m1/s1. The summed E-state index contributed by atoms with van der Waals surface area (Å²) in [5, 5.41) is 2.88. The maximum atomic E-state index is 12.8. The fraction of sp³-hybridized carbons (Fsp3) is 0.357. The number of pyridine rings is 1. The molecule has 3 aromatic rings. The van der Waals surface area contributed by atoms with Crippen LogP contribution in [-0.4, -0.2) is 36.6 Å². The van der Waals surface area contributed by atoms with Gasteiger partial charge in [0, 0.05) is 25.0 Å². The molecule has 1 saturated heterocycles. The van der Waals surface area contributed by atoms with Gasteiger partial charge in [0.15, 0.2) is 0 Å². The normalized spacial score (nSPS) is 19.8. The van der Waals surface area contributed by atoms with Crippen molar-refractivity contribution >= 4 is 11.7 Å². The Bertz CT molecular complexity index is 1260. The molecule has 1 N–H and O–H groups in total. The van der Waals surface area contributed by atoms with Crippen molar-refractivity contribution in [1.29, 1.82) is 0 Å². The molecule has 1 aliphatic carbocycles. The van der Waals surface area contributed by atoms with E-state index in [1.165, 1.54) is 12.1 Å². The van der Waals surface area contributed by atoms with Gasteiger partial charge in [-0.2, -0.15) is 0 Å². The highest BCUT2D eigenvalue weighted by Gasteiger charge is 2.44. The van der Waals surface area contributed by atoms with Crippen molar-refractivity contribution in [3.63, 3.8) is 0 Å². The molecule has 9 heteroatoms. The molecule has 194 valence electrons. The fourth-order valence-corrected chi connectivity index (χ4v) is 4.60. The lowest BCUT2D eigenvalue weighted by molar-refractivity contribution is -0.274. The number of aromatic nitrogens is 1. The van der Waals surface area contributed by atoms with E-state index in [9.17, 15) is 18.0 Å². The summed E-state index contributed by atoms with van der Waals surface area (Å²) in [5.41, 5.74) is 3.73. The minimum atomic E-state index is -4.73. The highest BCUT2D eigenvalue weighted by molar-refractivity contribution is 5.95. The molecule has 2 fully saturated rings. The molecule has 2 heterocycles. The molecule has 1 saturated carbocycles. The van der Waals surface area contributed by atoms with E-state index >= 15 is 0 Å². The Balaban J connectivity index is 1.20. The molecule has 2 aromatic carbocycles. The third-order valence-corrected chi connectivity index (χ3v) is 6.65. The SMILES string of the molecule is Cc1cc(-c2ccnc(NC(=O)[C@H]3C[C@@H]3c3ccc(OC(F)(F)F)cc3)c2)ccc1OC1CCOCC1. The van der Waals surface area contributed by atoms with E-state index < -0.39 is 6.36 Å². The lowest BCUT2D eigenvalue weighted by atomic mass is 10.0. The zero-order valence-electron chi connectivity index (χ0n) is 20.3. The zero-order valence-corrected chi connectivity index (χ0v) is 20.3. The lowest BCUT2D eigenvalue weighted by Crippen LogP contribution is -2.26. The molecular formula is C28H27F3N2O4. The number of aryl methyl sites for hydroxylation is 1. The number of benzene rings is 2. The van der Waals surface area contributed by atoms with Crippen LogP contribution in [0.3, 0.4) is 0 Å². The maximum Gasteiger partial charge on any atom is 0.573 e. The summed E-state index contributed by atoms with van der Waals surface area (Å²) in [4.78, 5) is 17.1. The lowest BCUT2D eigenvalue weighted by Gasteiger charge is -2.24. The second kappa shape index (κ2) is 10.4. The minimum absolute atomic E-state index is 0.0472. The molecule has 2 aliphatic rings. The number of halogens is 3. The van der Waals surface area contributed by atoms with Gasteiger partial charge in [-0.1, -0.05) is 18.2 Å². The Morgan fingerprint density at radius 2 is 1.76 bits per heavy atom. The summed E-state index contributed by atoms with van der Waals surface area (Å²) in [6.45, 7) is 3.45. The topological polar surface area (TPSA) is 69.7 Å². The van der Waals surface area contributed by atoms with Gasteiger partial charge in [-0.3, -0.25) is 4.79 Å². The van der Waals surface area contributed by atoms with Crippen LogP contribution in [0.4, 0.5) is 19.0 Å². The van der Waals surface area contributed by atoms with Crippen LogP contribution in [0.1, 0.15) is 36.3 Å². The number of hydrogen-bond acceptors (Lipinski definition) is 5. The predicted molar refractivity (Wildman–Crippen MR) is 131 cm³/mol. The Labute approximate surface area is 212 Å². The largest absolute Gasteiger partial charge is 0.573 e.